The molecule has 3 heteroatoms. The Morgan fingerprint density at radius 2 is 2.80 bits per heavy atom. The van der Waals surface area contributed by atoms with Gasteiger partial charge in [-0.15, -0.1) is 0 Å². The number of rotatable bonds is 0. The maximum absolute atomic E-state index is 9.46. The van der Waals surface area contributed by atoms with E-state index in [0.717, 1.165) is 0 Å². The van der Waals surface area contributed by atoms with Crippen LogP contribution in [0.1, 0.15) is 11.0 Å². The third kappa shape index (κ3) is 21.6. The van der Waals surface area contributed by atoms with Crippen LogP contribution in [0.4, 0.5) is 0 Å². The van der Waals surface area contributed by atoms with Crippen LogP contribution in [0.3, 0.4) is 0 Å². The topological polar surface area (TPSA) is 72.3 Å². The number of carboxylic acid groups (broad SMARTS) is 1. The van der Waals surface area contributed by atoms with Gasteiger partial charge in [0.2, 0.25) is 0 Å². The van der Waals surface area contributed by atoms with Gasteiger partial charge in [0.15, 0.2) is 0 Å². The van der Waals surface area contributed by atoms with Crippen molar-refractivity contribution in [3.8, 4) is 0 Å². The zero-order valence-corrected chi connectivity index (χ0v) is 2.30. The largest absolute Gasteiger partial charge is 0.481 e. The number of carboxylic acids is 1. The summed E-state index contributed by atoms with van der Waals surface area (Å²) in [4.78, 5) is 9.46. The first-order chi connectivity index (χ1) is 4.68. The van der Waals surface area contributed by atoms with Crippen molar-refractivity contribution >= 4 is 5.97 Å². The van der Waals surface area contributed by atoms with Gasteiger partial charge in [0.05, 0.1) is 0 Å². The van der Waals surface area contributed by atoms with E-state index in [4.69, 9.17) is 13.5 Å². The highest BCUT2D eigenvalue weighted by Crippen LogP contribution is 1.42. The van der Waals surface area contributed by atoms with Crippen molar-refractivity contribution in [1.82, 2.24) is 6.13 Å². The van der Waals surface area contributed by atoms with Gasteiger partial charge in [-0.05, 0) is 0 Å². The summed E-state index contributed by atoms with van der Waals surface area (Å²) in [5.74, 6) is -1.76. The fourth-order valence-electron chi connectivity index (χ4n) is 0. The molecule has 0 atom stereocenters. The lowest BCUT2D eigenvalue weighted by Crippen LogP contribution is -1.78. The minimum absolute atomic E-state index is 0.250. The zero-order valence-electron chi connectivity index (χ0n) is 8.30. The Kier molecular flexibility index (Phi) is 0.503. The van der Waals surface area contributed by atoms with E-state index in [1.54, 1.807) is 0 Å². The zero-order chi connectivity index (χ0) is 9.65. The van der Waals surface area contributed by atoms with Gasteiger partial charge in [-0.1, -0.05) is 0 Å². The van der Waals surface area contributed by atoms with Crippen molar-refractivity contribution in [1.29, 1.82) is 0 Å². The maximum atomic E-state index is 9.46. The van der Waals surface area contributed by atoms with Crippen molar-refractivity contribution < 1.29 is 18.2 Å². The molecule has 0 fully saturated rings. The molecule has 0 radical (unpaired) electrons. The van der Waals surface area contributed by atoms with Gasteiger partial charge in [0.25, 0.3) is 5.97 Å². The third-order valence-electron chi connectivity index (χ3n) is 0. The molecule has 32 valence electrons. The first kappa shape index (κ1) is 0.733. The van der Waals surface area contributed by atoms with Crippen LogP contribution in [0, 0.1) is 0 Å². The van der Waals surface area contributed by atoms with E-state index >= 15 is 0 Å². The number of hydrogen-bond acceptors (Lipinski definition) is 2. The second-order valence-corrected chi connectivity index (χ2v) is 0.305. The summed E-state index contributed by atoms with van der Waals surface area (Å²) >= 11 is 0. The molecular weight excluding hydrogens is 70.0 g/mol. The van der Waals surface area contributed by atoms with E-state index in [9.17, 15) is 4.79 Å². The van der Waals surface area contributed by atoms with Gasteiger partial charge in [-0.2, -0.15) is 0 Å². The maximum Gasteiger partial charge on any atom is 0.300 e. The molecule has 0 rings (SSSR count). The molecule has 0 aromatic rings. The van der Waals surface area contributed by atoms with Crippen molar-refractivity contribution in [3.63, 3.8) is 0 Å². The Morgan fingerprint density at radius 1 is 2.60 bits per heavy atom. The molecule has 0 bridgehead atoms. The van der Waals surface area contributed by atoms with Crippen LogP contribution >= 0.6 is 0 Å². The summed E-state index contributed by atoms with van der Waals surface area (Å²) in [6.07, 6.45) is -0.250. The molecule has 0 saturated heterocycles. The van der Waals surface area contributed by atoms with Gasteiger partial charge < -0.3 is 11.2 Å². The lowest BCUT2D eigenvalue weighted by atomic mass is 10.9. The highest BCUT2D eigenvalue weighted by Gasteiger charge is 1.65. The minimum Gasteiger partial charge on any atom is -0.481 e. The van der Waals surface area contributed by atoms with E-state index in [0.29, 0.717) is 0 Å². The Bertz CT molecular complexity index is 117. The predicted octanol–water partition coefficient (Wildman–Crippen LogP) is 0.253. The van der Waals surface area contributed by atoms with Crippen molar-refractivity contribution in [2.75, 3.05) is 0 Å². The highest BCUT2D eigenvalue weighted by atomic mass is 16.4. The first-order valence-electron chi connectivity index (χ1n) is 3.52. The standard InChI is InChI=1S/C2H4O2.H3N/c1-2(3)4;/h1H3,(H,3,4);1H3/i1D3;/hD3. The van der Waals surface area contributed by atoms with Crippen LogP contribution in [-0.2, 0) is 4.79 Å². The average molecular weight is 83.1 g/mol. The Morgan fingerprint density at radius 3 is 2.80 bits per heavy atom. The lowest BCUT2D eigenvalue weighted by Gasteiger charge is -1.59. The average Bonchev–Trinajstić information content (AvgIpc) is 1.59. The quantitative estimate of drug-likeness (QED) is 0.441. The van der Waals surface area contributed by atoms with E-state index in [2.05, 4.69) is 0 Å². The smallest absolute Gasteiger partial charge is 0.300 e. The fraction of sp³-hybridized carbons (Fsp3) is 0.500. The summed E-state index contributed by atoms with van der Waals surface area (Å²) < 4.78 is 35.6. The molecule has 0 amide bonds. The predicted molar refractivity (Wildman–Crippen MR) is 18.3 cm³/mol. The van der Waals surface area contributed by atoms with Gasteiger partial charge in [0.1, 0.15) is 4.24 Å². The molecular formula is C2H7NO2. The van der Waals surface area contributed by atoms with Crippen LogP contribution in [0.2, 0.25) is 4.24 Å². The Labute approximate surface area is 38.8 Å². The Hall–Kier alpha value is -0.570. The molecule has 0 aliphatic rings. The SMILES string of the molecule is [2H]C([2H])([2H])C(=O)O.[2H]N([2H])[2H]. The minimum atomic E-state index is -2.83. The van der Waals surface area contributed by atoms with Crippen LogP contribution in [-0.4, -0.2) is 11.1 Å². The molecule has 0 saturated carbocycles. The summed E-state index contributed by atoms with van der Waals surface area (Å²) in [5.41, 5.74) is 0. The molecule has 0 spiro atoms. The second kappa shape index (κ2) is 3.43. The number of aliphatic carboxylic acids is 1. The molecule has 0 aliphatic heterocycles. The molecule has 4 N–H and O–H groups in total. The van der Waals surface area contributed by atoms with Gasteiger partial charge >= 0.3 is 0 Å². The van der Waals surface area contributed by atoms with Crippen molar-refractivity contribution in [3.05, 3.63) is 0 Å². The van der Waals surface area contributed by atoms with Gasteiger partial charge in [-0.25, -0.2) is 0 Å². The monoisotopic (exact) mass is 83.1 g/mol. The Balaban J connectivity index is 0. The first-order valence-corrected chi connectivity index (χ1v) is 0.678. The van der Waals surface area contributed by atoms with Crippen LogP contribution in [0.15, 0.2) is 0 Å². The molecule has 0 heterocycles. The molecule has 0 aliphatic carbocycles. The summed E-state index contributed by atoms with van der Waals surface area (Å²) in [5, 5.41) is 7.69. The summed E-state index contributed by atoms with van der Waals surface area (Å²) in [7, 11) is 0. The molecule has 0 aromatic carbocycles. The van der Waals surface area contributed by atoms with E-state index in [1.165, 1.54) is 0 Å². The number of carbonyl (C=O) groups is 1. The molecule has 3 nitrogen and oxygen atoms in total. The molecule has 0 unspecified atom stereocenters. The second-order valence-electron chi connectivity index (χ2n) is 0.305. The van der Waals surface area contributed by atoms with E-state index in [1.807, 2.05) is 0 Å². The fourth-order valence-corrected chi connectivity index (χ4v) is 0. The van der Waals surface area contributed by atoms with Gasteiger partial charge in [0, 0.05) is 11.0 Å². The van der Waals surface area contributed by atoms with Crippen molar-refractivity contribution in [2.45, 2.75) is 6.85 Å². The van der Waals surface area contributed by atoms with Crippen LogP contribution in [0.25, 0.3) is 0 Å². The molecule has 5 heavy (non-hydrogen) atoms. The van der Waals surface area contributed by atoms with Crippen LogP contribution in [0.5, 0.6) is 0 Å². The molecule has 0 aromatic heterocycles. The van der Waals surface area contributed by atoms with Crippen LogP contribution < -0.4 is 6.13 Å². The third-order valence-corrected chi connectivity index (χ3v) is 0. The number of hydrogen-bond donors (Lipinski definition) is 2. The van der Waals surface area contributed by atoms with E-state index in [-0.39, 0.29) is 6.13 Å². The summed E-state index contributed by atoms with van der Waals surface area (Å²) in [6, 6.07) is 0. The normalized spacial score (nSPS) is 24.2. The van der Waals surface area contributed by atoms with E-state index < -0.39 is 12.8 Å². The lowest BCUT2D eigenvalue weighted by molar-refractivity contribution is -0.134. The highest BCUT2D eigenvalue weighted by molar-refractivity contribution is 5.62. The van der Waals surface area contributed by atoms with Gasteiger partial charge in [-0.3, -0.25) is 4.79 Å². The van der Waals surface area contributed by atoms with Crippen molar-refractivity contribution in [2.24, 2.45) is 0 Å². The summed E-state index contributed by atoms with van der Waals surface area (Å²) in [6.45, 7) is -2.83.